The third kappa shape index (κ3) is 3.00. The number of carbonyl (C=O) groups is 2. The predicted octanol–water partition coefficient (Wildman–Crippen LogP) is 4.27. The number of nitrogens with zero attached hydrogens (tertiary/aromatic N) is 2. The molecule has 2 aliphatic rings. The Morgan fingerprint density at radius 1 is 0.920 bits per heavy atom. The fourth-order valence-corrected chi connectivity index (χ4v) is 3.12. The van der Waals surface area contributed by atoms with Crippen LogP contribution in [0.1, 0.15) is 39.2 Å². The standard InChI is InChI=1S/C21H22N2O2/c1-5-15-11-17(12-16(6-2)20(15)24)19-14(4)22-23(21(19)25)18-9-7-13(3)8-10-18/h7-12H,5-6H2,1-4H3. The lowest BCUT2D eigenvalue weighted by Gasteiger charge is -2.16. The summed E-state index contributed by atoms with van der Waals surface area (Å²) in [7, 11) is 0. The summed E-state index contributed by atoms with van der Waals surface area (Å²) in [5.74, 6) is -0.0612. The molecule has 0 unspecified atom stereocenters. The summed E-state index contributed by atoms with van der Waals surface area (Å²) in [6.07, 6.45) is 4.98. The van der Waals surface area contributed by atoms with E-state index in [1.165, 1.54) is 5.01 Å². The normalized spacial score (nSPS) is 17.8. The third-order valence-corrected chi connectivity index (χ3v) is 4.59. The molecule has 4 heteroatoms. The zero-order chi connectivity index (χ0) is 18.1. The maximum atomic E-state index is 13.0. The maximum absolute atomic E-state index is 13.0. The Kier molecular flexibility index (Phi) is 4.53. The van der Waals surface area contributed by atoms with Gasteiger partial charge in [0.15, 0.2) is 5.78 Å². The van der Waals surface area contributed by atoms with Crippen molar-refractivity contribution in [3.05, 3.63) is 64.3 Å². The molecule has 0 fully saturated rings. The predicted molar refractivity (Wildman–Crippen MR) is 101 cm³/mol. The van der Waals surface area contributed by atoms with Crippen molar-refractivity contribution >= 4 is 23.1 Å². The molecule has 1 heterocycles. The molecular weight excluding hydrogens is 312 g/mol. The molecule has 0 N–H and O–H groups in total. The second kappa shape index (κ2) is 6.63. The zero-order valence-corrected chi connectivity index (χ0v) is 15.1. The van der Waals surface area contributed by atoms with Crippen molar-refractivity contribution in [2.24, 2.45) is 5.10 Å². The van der Waals surface area contributed by atoms with Gasteiger partial charge >= 0.3 is 0 Å². The van der Waals surface area contributed by atoms with Crippen LogP contribution in [-0.2, 0) is 9.59 Å². The Morgan fingerprint density at radius 2 is 1.48 bits per heavy atom. The minimum absolute atomic E-state index is 0.0878. The van der Waals surface area contributed by atoms with E-state index in [1.54, 1.807) is 0 Å². The molecule has 128 valence electrons. The van der Waals surface area contributed by atoms with Gasteiger partial charge in [-0.25, -0.2) is 0 Å². The topological polar surface area (TPSA) is 49.7 Å². The van der Waals surface area contributed by atoms with Crippen LogP contribution in [0.15, 0.2) is 63.8 Å². The van der Waals surface area contributed by atoms with Crippen molar-refractivity contribution in [1.82, 2.24) is 0 Å². The van der Waals surface area contributed by atoms with Gasteiger partial charge in [0, 0.05) is 11.1 Å². The second-order valence-electron chi connectivity index (χ2n) is 6.34. The largest absolute Gasteiger partial charge is 0.289 e. The highest BCUT2D eigenvalue weighted by molar-refractivity contribution is 6.31. The first-order valence-electron chi connectivity index (χ1n) is 8.63. The first-order chi connectivity index (χ1) is 12.0. The first kappa shape index (κ1) is 17.1. The number of hydrazone groups is 1. The van der Waals surface area contributed by atoms with E-state index in [9.17, 15) is 9.59 Å². The molecular formula is C21H22N2O2. The molecule has 1 amide bonds. The van der Waals surface area contributed by atoms with Crippen LogP contribution in [0.4, 0.5) is 5.69 Å². The summed E-state index contributed by atoms with van der Waals surface area (Å²) >= 11 is 0. The summed E-state index contributed by atoms with van der Waals surface area (Å²) in [5.41, 5.74) is 5.41. The fourth-order valence-electron chi connectivity index (χ4n) is 3.12. The van der Waals surface area contributed by atoms with Crippen LogP contribution in [0, 0.1) is 6.92 Å². The zero-order valence-electron chi connectivity index (χ0n) is 15.1. The summed E-state index contributed by atoms with van der Waals surface area (Å²) in [4.78, 5) is 25.3. The molecule has 0 aromatic heterocycles. The molecule has 0 saturated carbocycles. The number of Topliss-reactive ketones (excluding diaryl/α,β-unsaturated/α-hetero) is 1. The number of amides is 1. The monoisotopic (exact) mass is 334 g/mol. The number of hydrogen-bond acceptors (Lipinski definition) is 3. The molecule has 4 nitrogen and oxygen atoms in total. The number of aryl methyl sites for hydroxylation is 1. The van der Waals surface area contributed by atoms with Gasteiger partial charge in [0.1, 0.15) is 0 Å². The second-order valence-corrected chi connectivity index (χ2v) is 6.34. The van der Waals surface area contributed by atoms with Gasteiger partial charge in [-0.1, -0.05) is 31.5 Å². The van der Waals surface area contributed by atoms with Crippen molar-refractivity contribution in [1.29, 1.82) is 0 Å². The van der Waals surface area contributed by atoms with E-state index in [0.717, 1.165) is 28.0 Å². The molecule has 1 aliphatic carbocycles. The van der Waals surface area contributed by atoms with Crippen molar-refractivity contribution in [3.8, 4) is 0 Å². The lowest BCUT2D eigenvalue weighted by atomic mass is 9.88. The highest BCUT2D eigenvalue weighted by Crippen LogP contribution is 2.30. The highest BCUT2D eigenvalue weighted by Gasteiger charge is 2.32. The third-order valence-electron chi connectivity index (χ3n) is 4.59. The number of rotatable bonds is 3. The van der Waals surface area contributed by atoms with Gasteiger partial charge in [0.25, 0.3) is 5.91 Å². The average Bonchev–Trinajstić information content (AvgIpc) is 2.90. The van der Waals surface area contributed by atoms with Crippen LogP contribution in [0.5, 0.6) is 0 Å². The van der Waals surface area contributed by atoms with Gasteiger partial charge < -0.3 is 0 Å². The highest BCUT2D eigenvalue weighted by atomic mass is 16.2. The molecule has 25 heavy (non-hydrogen) atoms. The Labute approximate surface area is 148 Å². The van der Waals surface area contributed by atoms with Gasteiger partial charge in [-0.3, -0.25) is 9.59 Å². The van der Waals surface area contributed by atoms with E-state index < -0.39 is 0 Å². The Hall–Kier alpha value is -2.75. The summed E-state index contributed by atoms with van der Waals surface area (Å²) in [5, 5.41) is 5.88. The van der Waals surface area contributed by atoms with E-state index in [0.29, 0.717) is 24.1 Å². The van der Waals surface area contributed by atoms with E-state index in [2.05, 4.69) is 5.10 Å². The number of benzene rings is 1. The lowest BCUT2D eigenvalue weighted by Crippen LogP contribution is -2.22. The van der Waals surface area contributed by atoms with Gasteiger partial charge in [-0.15, -0.1) is 0 Å². The SMILES string of the molecule is CCC1=CC(=C2C(=O)N(c3ccc(C)cc3)N=C2C)C=C(CC)C1=O. The smallest absolute Gasteiger partial charge is 0.281 e. The van der Waals surface area contributed by atoms with Gasteiger partial charge in [0.2, 0.25) is 0 Å². The van der Waals surface area contributed by atoms with Gasteiger partial charge in [-0.2, -0.15) is 10.1 Å². The number of allylic oxidation sites excluding steroid dienone is 5. The molecule has 0 radical (unpaired) electrons. The molecule has 1 aromatic rings. The Morgan fingerprint density at radius 3 is 2.00 bits per heavy atom. The first-order valence-corrected chi connectivity index (χ1v) is 8.63. The van der Waals surface area contributed by atoms with Crippen LogP contribution >= 0.6 is 0 Å². The van der Waals surface area contributed by atoms with Gasteiger partial charge in [-0.05, 0) is 56.5 Å². The number of carbonyl (C=O) groups excluding carboxylic acids is 2. The van der Waals surface area contributed by atoms with E-state index >= 15 is 0 Å². The van der Waals surface area contributed by atoms with Gasteiger partial charge in [0.05, 0.1) is 17.0 Å². The van der Waals surface area contributed by atoms with Crippen LogP contribution in [0.3, 0.4) is 0 Å². The van der Waals surface area contributed by atoms with Crippen LogP contribution < -0.4 is 5.01 Å². The molecule has 3 rings (SSSR count). The molecule has 1 aliphatic heterocycles. The van der Waals surface area contributed by atoms with Crippen LogP contribution in [-0.4, -0.2) is 17.4 Å². The lowest BCUT2D eigenvalue weighted by molar-refractivity contribution is -0.114. The Bertz CT molecular complexity index is 842. The minimum Gasteiger partial charge on any atom is -0.289 e. The fraction of sp³-hybridized carbons (Fsp3) is 0.286. The van der Waals surface area contributed by atoms with E-state index in [-0.39, 0.29) is 11.7 Å². The maximum Gasteiger partial charge on any atom is 0.281 e. The number of ketones is 1. The molecule has 0 saturated heterocycles. The minimum atomic E-state index is -0.149. The molecule has 0 spiro atoms. The molecule has 1 aromatic carbocycles. The summed E-state index contributed by atoms with van der Waals surface area (Å²) < 4.78 is 0. The number of hydrogen-bond donors (Lipinski definition) is 0. The van der Waals surface area contributed by atoms with Crippen LogP contribution in [0.2, 0.25) is 0 Å². The van der Waals surface area contributed by atoms with Crippen molar-refractivity contribution in [2.45, 2.75) is 40.5 Å². The van der Waals surface area contributed by atoms with E-state index in [4.69, 9.17) is 0 Å². The molecule has 0 atom stereocenters. The van der Waals surface area contributed by atoms with Crippen molar-refractivity contribution in [3.63, 3.8) is 0 Å². The molecule has 0 bridgehead atoms. The summed E-state index contributed by atoms with van der Waals surface area (Å²) in [6.45, 7) is 7.76. The number of anilines is 1. The van der Waals surface area contributed by atoms with E-state index in [1.807, 2.05) is 64.1 Å². The van der Waals surface area contributed by atoms with Crippen molar-refractivity contribution < 1.29 is 9.59 Å². The Balaban J connectivity index is 2.07. The van der Waals surface area contributed by atoms with Crippen molar-refractivity contribution in [2.75, 3.05) is 5.01 Å². The summed E-state index contributed by atoms with van der Waals surface area (Å²) in [6, 6.07) is 7.70. The quantitative estimate of drug-likeness (QED) is 0.775. The average molecular weight is 334 g/mol. The van der Waals surface area contributed by atoms with Crippen LogP contribution in [0.25, 0.3) is 0 Å².